The average Bonchev–Trinajstić information content (AvgIpc) is 2.85. The summed E-state index contributed by atoms with van der Waals surface area (Å²) in [6, 6.07) is 5.61. The van der Waals surface area contributed by atoms with Gasteiger partial charge in [0.2, 0.25) is 5.91 Å². The SMILES string of the molecule is CC(Nc1cc(C(N)=O)ccc1F)c1ccoc1. The Kier molecular flexibility index (Phi) is 3.32. The largest absolute Gasteiger partial charge is 0.472 e. The molecule has 18 heavy (non-hydrogen) atoms. The van der Waals surface area contributed by atoms with E-state index in [1.165, 1.54) is 18.2 Å². The van der Waals surface area contributed by atoms with E-state index in [1.54, 1.807) is 18.6 Å². The van der Waals surface area contributed by atoms with E-state index < -0.39 is 11.7 Å². The van der Waals surface area contributed by atoms with Gasteiger partial charge in [0, 0.05) is 11.1 Å². The number of carbonyl (C=O) groups is 1. The molecular formula is C13H13FN2O2. The maximum atomic E-state index is 13.6. The number of furan rings is 1. The topological polar surface area (TPSA) is 68.3 Å². The summed E-state index contributed by atoms with van der Waals surface area (Å²) in [4.78, 5) is 11.0. The van der Waals surface area contributed by atoms with E-state index in [4.69, 9.17) is 10.2 Å². The summed E-state index contributed by atoms with van der Waals surface area (Å²) in [6.07, 6.45) is 3.12. The van der Waals surface area contributed by atoms with Gasteiger partial charge in [0.1, 0.15) is 5.82 Å². The summed E-state index contributed by atoms with van der Waals surface area (Å²) < 4.78 is 18.6. The molecule has 0 spiro atoms. The number of benzene rings is 1. The zero-order chi connectivity index (χ0) is 13.1. The highest BCUT2D eigenvalue weighted by Gasteiger charge is 2.11. The van der Waals surface area contributed by atoms with Crippen molar-refractivity contribution >= 4 is 11.6 Å². The van der Waals surface area contributed by atoms with Crippen LogP contribution in [0.5, 0.6) is 0 Å². The molecule has 0 aliphatic heterocycles. The van der Waals surface area contributed by atoms with Crippen LogP contribution in [0.3, 0.4) is 0 Å². The van der Waals surface area contributed by atoms with Gasteiger partial charge in [-0.25, -0.2) is 4.39 Å². The molecule has 4 nitrogen and oxygen atoms in total. The Morgan fingerprint density at radius 1 is 1.44 bits per heavy atom. The van der Waals surface area contributed by atoms with Gasteiger partial charge in [-0.15, -0.1) is 0 Å². The zero-order valence-electron chi connectivity index (χ0n) is 9.81. The smallest absolute Gasteiger partial charge is 0.248 e. The van der Waals surface area contributed by atoms with Gasteiger partial charge in [-0.05, 0) is 31.2 Å². The summed E-state index contributed by atoms with van der Waals surface area (Å²) in [7, 11) is 0. The molecule has 1 unspecified atom stereocenters. The minimum absolute atomic E-state index is 0.138. The Labute approximate surface area is 104 Å². The van der Waals surface area contributed by atoms with Crippen molar-refractivity contribution in [2.75, 3.05) is 5.32 Å². The van der Waals surface area contributed by atoms with Gasteiger partial charge in [-0.1, -0.05) is 0 Å². The van der Waals surface area contributed by atoms with E-state index in [0.717, 1.165) is 5.56 Å². The Bertz CT molecular complexity index is 552. The van der Waals surface area contributed by atoms with E-state index >= 15 is 0 Å². The van der Waals surface area contributed by atoms with Crippen LogP contribution in [0.2, 0.25) is 0 Å². The molecule has 5 heteroatoms. The summed E-state index contributed by atoms with van der Waals surface area (Å²) in [6.45, 7) is 1.86. The summed E-state index contributed by atoms with van der Waals surface area (Å²) in [5.74, 6) is -1.02. The van der Waals surface area contributed by atoms with Gasteiger partial charge in [0.25, 0.3) is 0 Å². The lowest BCUT2D eigenvalue weighted by Crippen LogP contribution is -2.13. The number of rotatable bonds is 4. The van der Waals surface area contributed by atoms with E-state index in [-0.39, 0.29) is 17.3 Å². The van der Waals surface area contributed by atoms with Gasteiger partial charge < -0.3 is 15.5 Å². The predicted octanol–water partition coefficient (Wildman–Crippen LogP) is 2.69. The molecule has 2 rings (SSSR count). The highest BCUT2D eigenvalue weighted by atomic mass is 19.1. The molecule has 1 heterocycles. The van der Waals surface area contributed by atoms with E-state index in [0.29, 0.717) is 0 Å². The molecule has 1 amide bonds. The lowest BCUT2D eigenvalue weighted by atomic mass is 10.1. The standard InChI is InChI=1S/C13H13FN2O2/c1-8(10-4-5-18-7-10)16-12-6-9(13(15)17)2-3-11(12)14/h2-8,16H,1H3,(H2,15,17). The van der Waals surface area contributed by atoms with Crippen LogP contribution in [0.4, 0.5) is 10.1 Å². The lowest BCUT2D eigenvalue weighted by Gasteiger charge is -2.14. The number of halogens is 1. The number of carbonyl (C=O) groups excluding carboxylic acids is 1. The fraction of sp³-hybridized carbons (Fsp3) is 0.154. The normalized spacial score (nSPS) is 12.1. The average molecular weight is 248 g/mol. The third-order valence-electron chi connectivity index (χ3n) is 2.67. The van der Waals surface area contributed by atoms with Crippen LogP contribution in [-0.2, 0) is 0 Å². The van der Waals surface area contributed by atoms with Crippen molar-refractivity contribution in [2.45, 2.75) is 13.0 Å². The molecule has 0 saturated carbocycles. The molecule has 0 saturated heterocycles. The monoisotopic (exact) mass is 248 g/mol. The molecule has 0 aliphatic rings. The van der Waals surface area contributed by atoms with Crippen LogP contribution in [0, 0.1) is 5.82 Å². The third kappa shape index (κ3) is 2.51. The van der Waals surface area contributed by atoms with Gasteiger partial charge >= 0.3 is 0 Å². The fourth-order valence-corrected chi connectivity index (χ4v) is 1.63. The van der Waals surface area contributed by atoms with Crippen LogP contribution < -0.4 is 11.1 Å². The van der Waals surface area contributed by atoms with E-state index in [2.05, 4.69) is 5.32 Å². The molecule has 1 atom stereocenters. The molecule has 1 aromatic carbocycles. The second-order valence-corrected chi connectivity index (χ2v) is 3.98. The number of hydrogen-bond donors (Lipinski definition) is 2. The zero-order valence-corrected chi connectivity index (χ0v) is 9.81. The molecule has 0 radical (unpaired) electrons. The molecule has 0 bridgehead atoms. The first-order valence-electron chi connectivity index (χ1n) is 5.46. The predicted molar refractivity (Wildman–Crippen MR) is 65.7 cm³/mol. The van der Waals surface area contributed by atoms with Crippen LogP contribution in [0.1, 0.15) is 28.9 Å². The van der Waals surface area contributed by atoms with Crippen molar-refractivity contribution in [3.63, 3.8) is 0 Å². The maximum absolute atomic E-state index is 13.6. The molecule has 0 fully saturated rings. The third-order valence-corrected chi connectivity index (χ3v) is 2.67. The fourth-order valence-electron chi connectivity index (χ4n) is 1.63. The first-order chi connectivity index (χ1) is 8.58. The first-order valence-corrected chi connectivity index (χ1v) is 5.46. The summed E-state index contributed by atoms with van der Waals surface area (Å²) in [5, 5.41) is 2.97. The van der Waals surface area contributed by atoms with Gasteiger partial charge in [-0.3, -0.25) is 4.79 Å². The molecular weight excluding hydrogens is 235 g/mol. The van der Waals surface area contributed by atoms with Gasteiger partial charge in [0.15, 0.2) is 0 Å². The van der Waals surface area contributed by atoms with Crippen molar-refractivity contribution in [3.05, 3.63) is 53.7 Å². The van der Waals surface area contributed by atoms with Crippen LogP contribution in [-0.4, -0.2) is 5.91 Å². The van der Waals surface area contributed by atoms with Crippen molar-refractivity contribution in [3.8, 4) is 0 Å². The van der Waals surface area contributed by atoms with Crippen LogP contribution in [0.15, 0.2) is 41.2 Å². The number of hydrogen-bond acceptors (Lipinski definition) is 3. The molecule has 1 aromatic heterocycles. The van der Waals surface area contributed by atoms with E-state index in [9.17, 15) is 9.18 Å². The highest BCUT2D eigenvalue weighted by molar-refractivity contribution is 5.93. The van der Waals surface area contributed by atoms with Crippen molar-refractivity contribution in [1.29, 1.82) is 0 Å². The Morgan fingerprint density at radius 2 is 2.22 bits per heavy atom. The molecule has 94 valence electrons. The number of anilines is 1. The summed E-state index contributed by atoms with van der Waals surface area (Å²) >= 11 is 0. The number of primary amides is 1. The van der Waals surface area contributed by atoms with Crippen LogP contribution in [0.25, 0.3) is 0 Å². The van der Waals surface area contributed by atoms with Gasteiger partial charge in [0.05, 0.1) is 24.3 Å². The molecule has 3 N–H and O–H groups in total. The second kappa shape index (κ2) is 4.91. The van der Waals surface area contributed by atoms with Crippen molar-refractivity contribution in [1.82, 2.24) is 0 Å². The number of amides is 1. The van der Waals surface area contributed by atoms with Crippen molar-refractivity contribution in [2.24, 2.45) is 5.73 Å². The number of nitrogens with two attached hydrogens (primary N) is 1. The number of nitrogens with one attached hydrogen (secondary N) is 1. The minimum atomic E-state index is -0.589. The first kappa shape index (κ1) is 12.2. The maximum Gasteiger partial charge on any atom is 0.248 e. The Hall–Kier alpha value is -2.30. The van der Waals surface area contributed by atoms with Crippen LogP contribution >= 0.6 is 0 Å². The quantitative estimate of drug-likeness (QED) is 0.874. The van der Waals surface area contributed by atoms with Gasteiger partial charge in [-0.2, -0.15) is 0 Å². The lowest BCUT2D eigenvalue weighted by molar-refractivity contribution is 0.100. The Balaban J connectivity index is 2.23. The summed E-state index contributed by atoms with van der Waals surface area (Å²) in [5.41, 5.74) is 6.54. The second-order valence-electron chi connectivity index (χ2n) is 3.98. The Morgan fingerprint density at radius 3 is 2.83 bits per heavy atom. The van der Waals surface area contributed by atoms with E-state index in [1.807, 2.05) is 6.92 Å². The minimum Gasteiger partial charge on any atom is -0.472 e. The van der Waals surface area contributed by atoms with Crippen molar-refractivity contribution < 1.29 is 13.6 Å². The highest BCUT2D eigenvalue weighted by Crippen LogP contribution is 2.22. The molecule has 2 aromatic rings. The molecule has 0 aliphatic carbocycles.